The van der Waals surface area contributed by atoms with Gasteiger partial charge in [0, 0.05) is 17.0 Å². The van der Waals surface area contributed by atoms with Crippen LogP contribution in [0.25, 0.3) is 0 Å². The third-order valence-corrected chi connectivity index (χ3v) is 3.81. The van der Waals surface area contributed by atoms with Gasteiger partial charge >= 0.3 is 5.97 Å². The number of aromatic nitrogens is 3. The molecule has 0 atom stereocenters. The lowest BCUT2D eigenvalue weighted by atomic mass is 10.2. The van der Waals surface area contributed by atoms with Crippen LogP contribution in [-0.2, 0) is 4.74 Å². The number of nitrogen functional groups attached to an aromatic ring is 1. The van der Waals surface area contributed by atoms with E-state index in [9.17, 15) is 14.9 Å². The Morgan fingerprint density at radius 1 is 1.43 bits per heavy atom. The van der Waals surface area contributed by atoms with Crippen molar-refractivity contribution < 1.29 is 14.5 Å². The Balaban J connectivity index is 2.43. The summed E-state index contributed by atoms with van der Waals surface area (Å²) in [5.41, 5.74) is -0.117. The molecule has 0 fully saturated rings. The number of nitro groups is 1. The highest BCUT2D eigenvalue weighted by molar-refractivity contribution is 7.99. The number of aryl methyl sites for hydroxylation is 1. The third-order valence-electron chi connectivity index (χ3n) is 2.77. The second kappa shape index (κ2) is 6.65. The molecule has 0 saturated carbocycles. The molecule has 1 aromatic carbocycles. The molecule has 2 rings (SSSR count). The van der Waals surface area contributed by atoms with E-state index in [1.807, 2.05) is 0 Å². The van der Waals surface area contributed by atoms with Gasteiger partial charge in [0.2, 0.25) is 5.16 Å². The van der Waals surface area contributed by atoms with E-state index in [1.165, 1.54) is 22.9 Å². The molecule has 0 radical (unpaired) electrons. The maximum absolute atomic E-state index is 12.2. The van der Waals surface area contributed by atoms with E-state index in [4.69, 9.17) is 10.6 Å². The molecule has 0 aliphatic heterocycles. The van der Waals surface area contributed by atoms with E-state index in [-0.39, 0.29) is 17.4 Å². The predicted octanol–water partition coefficient (Wildman–Crippen LogP) is 1.92. The van der Waals surface area contributed by atoms with Gasteiger partial charge in [-0.3, -0.25) is 10.1 Å². The number of ether oxygens (including phenoxy) is 1. The average Bonchev–Trinajstić information content (AvgIpc) is 2.78. The van der Waals surface area contributed by atoms with Crippen LogP contribution < -0.4 is 5.84 Å². The average molecular weight is 337 g/mol. The van der Waals surface area contributed by atoms with Crippen molar-refractivity contribution in [2.75, 3.05) is 5.84 Å². The van der Waals surface area contributed by atoms with E-state index < -0.39 is 10.9 Å². The minimum absolute atomic E-state index is 0.0820. The summed E-state index contributed by atoms with van der Waals surface area (Å²) in [6, 6.07) is 3.94. The molecule has 1 heterocycles. The van der Waals surface area contributed by atoms with E-state index >= 15 is 0 Å². The third kappa shape index (κ3) is 3.77. The van der Waals surface area contributed by atoms with Crippen molar-refractivity contribution in [1.29, 1.82) is 0 Å². The second-order valence-electron chi connectivity index (χ2n) is 4.89. The molecule has 10 heteroatoms. The Kier molecular flexibility index (Phi) is 4.84. The summed E-state index contributed by atoms with van der Waals surface area (Å²) in [5, 5.41) is 19.0. The van der Waals surface area contributed by atoms with Crippen molar-refractivity contribution in [3.05, 3.63) is 39.7 Å². The number of non-ortho nitro benzene ring substituents is 1. The fraction of sp³-hybridized carbons (Fsp3) is 0.308. The molecule has 122 valence electrons. The number of hydrogen-bond acceptors (Lipinski definition) is 8. The molecular formula is C13H15N5O4S. The number of rotatable bonds is 5. The molecule has 0 unspecified atom stereocenters. The molecule has 9 nitrogen and oxygen atoms in total. The maximum Gasteiger partial charge on any atom is 0.339 e. The lowest BCUT2D eigenvalue weighted by Gasteiger charge is -2.11. The largest absolute Gasteiger partial charge is 0.459 e. The van der Waals surface area contributed by atoms with Gasteiger partial charge < -0.3 is 10.6 Å². The number of carbonyl (C=O) groups is 1. The SMILES string of the molecule is Cc1nnc(Sc2ccc([N+](=O)[O-])cc2C(=O)OC(C)C)n1N. The topological polar surface area (TPSA) is 126 Å². The number of nitrogens with zero attached hydrogens (tertiary/aromatic N) is 4. The Labute approximate surface area is 136 Å². The zero-order chi connectivity index (χ0) is 17.1. The first-order valence-electron chi connectivity index (χ1n) is 6.64. The second-order valence-corrected chi connectivity index (χ2v) is 5.90. The van der Waals surface area contributed by atoms with Gasteiger partial charge in [-0.05, 0) is 38.6 Å². The predicted molar refractivity (Wildman–Crippen MR) is 82.7 cm³/mol. The normalized spacial score (nSPS) is 10.8. The first kappa shape index (κ1) is 16.7. The Morgan fingerprint density at radius 2 is 2.13 bits per heavy atom. The molecule has 0 bridgehead atoms. The highest BCUT2D eigenvalue weighted by Crippen LogP contribution is 2.32. The van der Waals surface area contributed by atoms with Gasteiger partial charge in [-0.1, -0.05) is 0 Å². The number of esters is 1. The molecule has 0 spiro atoms. The minimum atomic E-state index is -0.647. The van der Waals surface area contributed by atoms with Crippen LogP contribution >= 0.6 is 11.8 Å². The maximum atomic E-state index is 12.2. The number of carbonyl (C=O) groups excluding carboxylic acids is 1. The van der Waals surface area contributed by atoms with Crippen molar-refractivity contribution in [2.24, 2.45) is 0 Å². The minimum Gasteiger partial charge on any atom is -0.459 e. The Bertz CT molecular complexity index is 759. The van der Waals surface area contributed by atoms with Gasteiger partial charge in [0.25, 0.3) is 5.69 Å². The van der Waals surface area contributed by atoms with Crippen LogP contribution in [0.5, 0.6) is 0 Å². The van der Waals surface area contributed by atoms with Crippen LogP contribution in [0.1, 0.15) is 30.0 Å². The van der Waals surface area contributed by atoms with Gasteiger partial charge in [-0.2, -0.15) is 0 Å². The summed E-state index contributed by atoms with van der Waals surface area (Å²) < 4.78 is 6.40. The lowest BCUT2D eigenvalue weighted by Crippen LogP contribution is -2.14. The fourth-order valence-corrected chi connectivity index (χ4v) is 2.57. The molecule has 2 N–H and O–H groups in total. The monoisotopic (exact) mass is 337 g/mol. The van der Waals surface area contributed by atoms with E-state index in [0.717, 1.165) is 11.8 Å². The van der Waals surface area contributed by atoms with Crippen molar-refractivity contribution in [3.8, 4) is 0 Å². The highest BCUT2D eigenvalue weighted by Gasteiger charge is 2.21. The van der Waals surface area contributed by atoms with Crippen LogP contribution in [-0.4, -0.2) is 31.9 Å². The summed E-state index contributed by atoms with van der Waals surface area (Å²) in [6.45, 7) is 5.07. The van der Waals surface area contributed by atoms with Crippen molar-refractivity contribution >= 4 is 23.4 Å². The molecular weight excluding hydrogens is 322 g/mol. The van der Waals surface area contributed by atoms with E-state index in [0.29, 0.717) is 15.9 Å². The zero-order valence-corrected chi connectivity index (χ0v) is 13.5. The first-order chi connectivity index (χ1) is 10.8. The van der Waals surface area contributed by atoms with Crippen LogP contribution in [0, 0.1) is 17.0 Å². The molecule has 0 aliphatic rings. The fourth-order valence-electron chi connectivity index (χ4n) is 1.68. The summed E-state index contributed by atoms with van der Waals surface area (Å²) >= 11 is 1.08. The van der Waals surface area contributed by atoms with E-state index in [1.54, 1.807) is 20.8 Å². The first-order valence-corrected chi connectivity index (χ1v) is 7.45. The molecule has 2 aromatic rings. The summed E-state index contributed by atoms with van der Waals surface area (Å²) in [6.07, 6.45) is -0.347. The van der Waals surface area contributed by atoms with Gasteiger partial charge in [-0.25, -0.2) is 9.47 Å². The van der Waals surface area contributed by atoms with Crippen LogP contribution in [0.3, 0.4) is 0 Å². The van der Waals surface area contributed by atoms with Gasteiger partial charge in [0.15, 0.2) is 0 Å². The number of nitrogens with two attached hydrogens (primary N) is 1. The van der Waals surface area contributed by atoms with Gasteiger partial charge in [0.1, 0.15) is 5.82 Å². The number of benzene rings is 1. The van der Waals surface area contributed by atoms with E-state index in [2.05, 4.69) is 10.2 Å². The summed E-state index contributed by atoms with van der Waals surface area (Å²) in [7, 11) is 0. The number of nitro benzene ring substituents is 1. The molecule has 0 amide bonds. The van der Waals surface area contributed by atoms with Crippen molar-refractivity contribution in [1.82, 2.24) is 14.9 Å². The number of hydrogen-bond donors (Lipinski definition) is 1. The van der Waals surface area contributed by atoms with Gasteiger partial charge in [0.05, 0.1) is 16.6 Å². The zero-order valence-electron chi connectivity index (χ0n) is 12.7. The summed E-state index contributed by atoms with van der Waals surface area (Å²) in [5.74, 6) is 5.64. The van der Waals surface area contributed by atoms with Crippen LogP contribution in [0.4, 0.5) is 5.69 Å². The highest BCUT2D eigenvalue weighted by atomic mass is 32.2. The quantitative estimate of drug-likeness (QED) is 0.379. The van der Waals surface area contributed by atoms with Crippen LogP contribution in [0.15, 0.2) is 28.3 Å². The Morgan fingerprint density at radius 3 is 2.65 bits per heavy atom. The molecule has 23 heavy (non-hydrogen) atoms. The van der Waals surface area contributed by atoms with Crippen LogP contribution in [0.2, 0.25) is 0 Å². The standard InChI is InChI=1S/C13H15N5O4S/c1-7(2)22-12(19)10-6-9(18(20)21)4-5-11(10)23-13-16-15-8(3)17(13)14/h4-7H,14H2,1-3H3. The molecule has 0 aliphatic carbocycles. The summed E-state index contributed by atoms with van der Waals surface area (Å²) in [4.78, 5) is 23.0. The molecule has 0 saturated heterocycles. The van der Waals surface area contributed by atoms with Crippen molar-refractivity contribution in [3.63, 3.8) is 0 Å². The van der Waals surface area contributed by atoms with Gasteiger partial charge in [-0.15, -0.1) is 10.2 Å². The molecule has 1 aromatic heterocycles. The lowest BCUT2D eigenvalue weighted by molar-refractivity contribution is -0.384. The Hall–Kier alpha value is -2.62. The van der Waals surface area contributed by atoms with Crippen molar-refractivity contribution in [2.45, 2.75) is 36.9 Å². The smallest absolute Gasteiger partial charge is 0.339 e.